The molecule has 0 aliphatic rings. The number of halogens is 1. The van der Waals surface area contributed by atoms with Crippen molar-refractivity contribution in [1.82, 2.24) is 5.32 Å². The minimum Gasteiger partial charge on any atom is -0.484 e. The largest absolute Gasteiger partial charge is 0.484 e. The number of methoxy groups -OCH3 is 1. The maximum Gasteiger partial charge on any atom is 0.258 e. The van der Waals surface area contributed by atoms with E-state index in [9.17, 15) is 14.0 Å². The highest BCUT2D eigenvalue weighted by molar-refractivity contribution is 6.09. The summed E-state index contributed by atoms with van der Waals surface area (Å²) in [6.07, 6.45) is 0. The van der Waals surface area contributed by atoms with Crippen molar-refractivity contribution in [2.75, 3.05) is 26.9 Å². The van der Waals surface area contributed by atoms with Crippen molar-refractivity contribution < 1.29 is 23.5 Å². The van der Waals surface area contributed by atoms with Crippen LogP contribution in [0.3, 0.4) is 0 Å². The molecule has 126 valence electrons. The molecule has 0 saturated carbocycles. The lowest BCUT2D eigenvalue weighted by Gasteiger charge is -2.08. The number of ether oxygens (including phenoxy) is 2. The number of benzene rings is 2. The van der Waals surface area contributed by atoms with Crippen LogP contribution in [0.25, 0.3) is 0 Å². The van der Waals surface area contributed by atoms with Crippen molar-refractivity contribution in [2.24, 2.45) is 0 Å². The fourth-order valence-electron chi connectivity index (χ4n) is 1.96. The van der Waals surface area contributed by atoms with Gasteiger partial charge in [-0.3, -0.25) is 9.59 Å². The van der Waals surface area contributed by atoms with Crippen molar-refractivity contribution in [2.45, 2.75) is 0 Å². The summed E-state index contributed by atoms with van der Waals surface area (Å²) in [7, 11) is 1.55. The number of carbonyl (C=O) groups excluding carboxylic acids is 2. The third kappa shape index (κ3) is 5.17. The molecular formula is C18H18FNO4. The molecule has 2 aromatic carbocycles. The minimum atomic E-state index is -0.390. The van der Waals surface area contributed by atoms with Crippen molar-refractivity contribution in [3.63, 3.8) is 0 Å². The highest BCUT2D eigenvalue weighted by Gasteiger charge is 2.09. The molecule has 0 bridgehead atoms. The van der Waals surface area contributed by atoms with Crippen LogP contribution in [-0.4, -0.2) is 38.6 Å². The Morgan fingerprint density at radius 2 is 1.58 bits per heavy atom. The number of hydrogen-bond donors (Lipinski definition) is 1. The van der Waals surface area contributed by atoms with Gasteiger partial charge in [0.05, 0.1) is 6.61 Å². The molecule has 0 spiro atoms. The zero-order valence-corrected chi connectivity index (χ0v) is 13.3. The first-order valence-corrected chi connectivity index (χ1v) is 7.39. The second-order valence-corrected chi connectivity index (χ2v) is 4.99. The Morgan fingerprint density at radius 1 is 1.00 bits per heavy atom. The molecule has 6 heteroatoms. The fourth-order valence-corrected chi connectivity index (χ4v) is 1.96. The van der Waals surface area contributed by atoms with E-state index in [1.165, 1.54) is 24.3 Å². The molecule has 2 rings (SSSR count). The van der Waals surface area contributed by atoms with E-state index in [-0.39, 0.29) is 24.1 Å². The molecule has 5 nitrogen and oxygen atoms in total. The Bertz CT molecular complexity index is 683. The van der Waals surface area contributed by atoms with E-state index in [1.807, 2.05) is 0 Å². The van der Waals surface area contributed by atoms with Gasteiger partial charge in [-0.1, -0.05) is 0 Å². The normalized spacial score (nSPS) is 10.2. The van der Waals surface area contributed by atoms with Crippen molar-refractivity contribution in [3.05, 3.63) is 65.5 Å². The van der Waals surface area contributed by atoms with Gasteiger partial charge in [0.1, 0.15) is 11.6 Å². The summed E-state index contributed by atoms with van der Waals surface area (Å²) in [6.45, 7) is 0.741. The molecule has 0 fully saturated rings. The third-order valence-electron chi connectivity index (χ3n) is 3.22. The van der Waals surface area contributed by atoms with E-state index in [2.05, 4.69) is 5.32 Å². The summed E-state index contributed by atoms with van der Waals surface area (Å²) < 4.78 is 23.1. The average molecular weight is 331 g/mol. The standard InChI is InChI=1S/C18H18FNO4/c1-23-11-10-20-17(21)12-24-16-8-4-14(5-9-16)18(22)13-2-6-15(19)7-3-13/h2-9H,10-12H2,1H3,(H,20,21). The maximum atomic E-state index is 12.9. The number of amides is 1. The summed E-state index contributed by atoms with van der Waals surface area (Å²) in [5.41, 5.74) is 0.862. The topological polar surface area (TPSA) is 64.6 Å². The van der Waals surface area contributed by atoms with Gasteiger partial charge >= 0.3 is 0 Å². The molecular weight excluding hydrogens is 313 g/mol. The van der Waals surface area contributed by atoms with Crippen LogP contribution in [0, 0.1) is 5.82 Å². The van der Waals surface area contributed by atoms with Gasteiger partial charge in [-0.05, 0) is 48.5 Å². The van der Waals surface area contributed by atoms with E-state index in [0.717, 1.165) is 0 Å². The fraction of sp³-hybridized carbons (Fsp3) is 0.222. The minimum absolute atomic E-state index is 0.116. The maximum absolute atomic E-state index is 12.9. The van der Waals surface area contributed by atoms with Gasteiger partial charge in [0.2, 0.25) is 0 Å². The quantitative estimate of drug-likeness (QED) is 0.595. The molecule has 0 saturated heterocycles. The number of nitrogens with one attached hydrogen (secondary N) is 1. The van der Waals surface area contributed by atoms with Gasteiger partial charge < -0.3 is 14.8 Å². The molecule has 24 heavy (non-hydrogen) atoms. The Kier molecular flexibility index (Phi) is 6.45. The van der Waals surface area contributed by atoms with Crippen LogP contribution in [0.4, 0.5) is 4.39 Å². The van der Waals surface area contributed by atoms with Crippen LogP contribution < -0.4 is 10.1 Å². The van der Waals surface area contributed by atoms with Gasteiger partial charge in [-0.15, -0.1) is 0 Å². The zero-order valence-electron chi connectivity index (χ0n) is 13.3. The molecule has 0 heterocycles. The predicted octanol–water partition coefficient (Wildman–Crippen LogP) is 2.20. The molecule has 1 N–H and O–H groups in total. The average Bonchev–Trinajstić information content (AvgIpc) is 2.61. The molecule has 0 aliphatic carbocycles. The van der Waals surface area contributed by atoms with Crippen LogP contribution in [0.15, 0.2) is 48.5 Å². The predicted molar refractivity (Wildman–Crippen MR) is 86.7 cm³/mol. The smallest absolute Gasteiger partial charge is 0.258 e. The first-order chi connectivity index (χ1) is 11.6. The van der Waals surface area contributed by atoms with Crippen molar-refractivity contribution in [3.8, 4) is 5.75 Å². The van der Waals surface area contributed by atoms with Crippen LogP contribution in [-0.2, 0) is 9.53 Å². The first-order valence-electron chi connectivity index (χ1n) is 7.39. The molecule has 0 unspecified atom stereocenters. The molecule has 0 aromatic heterocycles. The second kappa shape index (κ2) is 8.79. The van der Waals surface area contributed by atoms with Crippen LogP contribution in [0.2, 0.25) is 0 Å². The van der Waals surface area contributed by atoms with Gasteiger partial charge in [0, 0.05) is 24.8 Å². The Hall–Kier alpha value is -2.73. The number of carbonyl (C=O) groups is 2. The molecule has 0 atom stereocenters. The summed E-state index contributed by atoms with van der Waals surface area (Å²) in [4.78, 5) is 23.7. The number of ketones is 1. The lowest BCUT2D eigenvalue weighted by atomic mass is 10.0. The van der Waals surface area contributed by atoms with E-state index in [1.54, 1.807) is 31.4 Å². The van der Waals surface area contributed by atoms with E-state index >= 15 is 0 Å². The number of hydrogen-bond acceptors (Lipinski definition) is 4. The summed E-state index contributed by atoms with van der Waals surface area (Å²) in [5.74, 6) is -0.371. The Balaban J connectivity index is 1.89. The van der Waals surface area contributed by atoms with E-state index in [4.69, 9.17) is 9.47 Å². The van der Waals surface area contributed by atoms with Crippen LogP contribution >= 0.6 is 0 Å². The summed E-state index contributed by atoms with van der Waals surface area (Å²) >= 11 is 0. The monoisotopic (exact) mass is 331 g/mol. The number of rotatable bonds is 8. The summed E-state index contributed by atoms with van der Waals surface area (Å²) in [6, 6.07) is 11.8. The second-order valence-electron chi connectivity index (χ2n) is 4.99. The molecule has 1 amide bonds. The Morgan fingerprint density at radius 3 is 2.17 bits per heavy atom. The molecule has 0 radical (unpaired) electrons. The Labute approximate surface area is 139 Å². The van der Waals surface area contributed by atoms with E-state index < -0.39 is 0 Å². The first kappa shape index (κ1) is 17.6. The lowest BCUT2D eigenvalue weighted by Crippen LogP contribution is -2.31. The third-order valence-corrected chi connectivity index (χ3v) is 3.22. The van der Waals surface area contributed by atoms with Gasteiger partial charge in [-0.2, -0.15) is 0 Å². The SMILES string of the molecule is COCCNC(=O)COc1ccc(C(=O)c2ccc(F)cc2)cc1. The van der Waals surface area contributed by atoms with E-state index in [0.29, 0.717) is 30.0 Å². The molecule has 0 aliphatic heterocycles. The van der Waals surface area contributed by atoms with Crippen molar-refractivity contribution >= 4 is 11.7 Å². The van der Waals surface area contributed by atoms with Gasteiger partial charge in [-0.25, -0.2) is 4.39 Å². The highest BCUT2D eigenvalue weighted by atomic mass is 19.1. The van der Waals surface area contributed by atoms with Gasteiger partial charge in [0.25, 0.3) is 5.91 Å². The highest BCUT2D eigenvalue weighted by Crippen LogP contribution is 2.15. The van der Waals surface area contributed by atoms with Crippen molar-refractivity contribution in [1.29, 1.82) is 0 Å². The summed E-state index contributed by atoms with van der Waals surface area (Å²) in [5, 5.41) is 2.64. The van der Waals surface area contributed by atoms with Gasteiger partial charge in [0.15, 0.2) is 12.4 Å². The lowest BCUT2D eigenvalue weighted by molar-refractivity contribution is -0.123. The molecule has 2 aromatic rings. The van der Waals surface area contributed by atoms with Crippen LogP contribution in [0.1, 0.15) is 15.9 Å². The van der Waals surface area contributed by atoms with Crippen LogP contribution in [0.5, 0.6) is 5.75 Å². The zero-order chi connectivity index (χ0) is 17.4.